The molecule has 5 atom stereocenters. The van der Waals surface area contributed by atoms with Gasteiger partial charge in [0, 0.05) is 29.9 Å². The van der Waals surface area contributed by atoms with Crippen LogP contribution in [0, 0.1) is 22.7 Å². The van der Waals surface area contributed by atoms with Gasteiger partial charge in [-0.05, 0) is 48.6 Å². The van der Waals surface area contributed by atoms with E-state index in [-0.39, 0.29) is 22.8 Å². The van der Waals surface area contributed by atoms with E-state index in [1.54, 1.807) is 0 Å². The molecule has 2 fully saturated rings. The number of carbonyl (C=O) groups is 1. The molecule has 1 amide bonds. The summed E-state index contributed by atoms with van der Waals surface area (Å²) in [5.41, 5.74) is 2.11. The standard InChI is InChI=1S/C23H30ClNO3/c1-12-5-6-17-21(2,3)9-14(26)10-23(17)22(12,4)8-13-7-16(24)18-15(19(13)28-23)11-25-20(18)27/h7,12,14,17,26H,5-6,8-11H2,1-4H3,(H,25,27)/t12-,14+,17-,22+,23-/m0/s1. The highest BCUT2D eigenvalue weighted by molar-refractivity contribution is 6.34. The van der Waals surface area contributed by atoms with Crippen LogP contribution >= 0.6 is 11.6 Å². The Morgan fingerprint density at radius 3 is 2.75 bits per heavy atom. The van der Waals surface area contributed by atoms with Gasteiger partial charge in [-0.3, -0.25) is 4.79 Å². The fourth-order valence-corrected chi connectivity index (χ4v) is 7.49. The van der Waals surface area contributed by atoms with E-state index in [0.717, 1.165) is 36.1 Å². The van der Waals surface area contributed by atoms with Crippen LogP contribution in [0.4, 0.5) is 0 Å². The van der Waals surface area contributed by atoms with Crippen molar-refractivity contribution < 1.29 is 14.6 Å². The number of aliphatic hydroxyl groups excluding tert-OH is 1. The van der Waals surface area contributed by atoms with Crippen LogP contribution in [0.2, 0.25) is 5.02 Å². The summed E-state index contributed by atoms with van der Waals surface area (Å²) in [6, 6.07) is 1.94. The lowest BCUT2D eigenvalue weighted by Crippen LogP contribution is -2.70. The lowest BCUT2D eigenvalue weighted by Gasteiger charge is -2.66. The van der Waals surface area contributed by atoms with Crippen LogP contribution in [-0.4, -0.2) is 22.7 Å². The number of rotatable bonds is 0. The molecule has 0 unspecified atom stereocenters. The summed E-state index contributed by atoms with van der Waals surface area (Å²) < 4.78 is 7.04. The number of amides is 1. The Labute approximate surface area is 172 Å². The highest BCUT2D eigenvalue weighted by Crippen LogP contribution is 2.66. The Bertz CT molecular complexity index is 881. The molecule has 2 heterocycles. The van der Waals surface area contributed by atoms with Crippen LogP contribution in [0.1, 0.15) is 74.9 Å². The molecule has 4 aliphatic rings. The topological polar surface area (TPSA) is 58.6 Å². The first kappa shape index (κ1) is 18.7. The van der Waals surface area contributed by atoms with Crippen molar-refractivity contribution in [1.29, 1.82) is 0 Å². The summed E-state index contributed by atoms with van der Waals surface area (Å²) in [5.74, 6) is 1.60. The molecule has 152 valence electrons. The average molecular weight is 404 g/mol. The van der Waals surface area contributed by atoms with Crippen molar-refractivity contribution in [3.8, 4) is 5.75 Å². The van der Waals surface area contributed by atoms with Gasteiger partial charge >= 0.3 is 0 Å². The lowest BCUT2D eigenvalue weighted by molar-refractivity contribution is -0.229. The Morgan fingerprint density at radius 1 is 1.25 bits per heavy atom. The summed E-state index contributed by atoms with van der Waals surface area (Å²) in [6.45, 7) is 9.73. The molecule has 0 radical (unpaired) electrons. The first-order chi connectivity index (χ1) is 13.1. The van der Waals surface area contributed by atoms with Gasteiger partial charge in [-0.15, -0.1) is 0 Å². The van der Waals surface area contributed by atoms with Crippen molar-refractivity contribution in [2.24, 2.45) is 22.7 Å². The van der Waals surface area contributed by atoms with Crippen molar-refractivity contribution in [1.82, 2.24) is 5.32 Å². The second-order valence-corrected chi connectivity index (χ2v) is 11.0. The van der Waals surface area contributed by atoms with E-state index >= 15 is 0 Å². The number of hydrogen-bond donors (Lipinski definition) is 2. The summed E-state index contributed by atoms with van der Waals surface area (Å²) >= 11 is 6.51. The monoisotopic (exact) mass is 403 g/mol. The summed E-state index contributed by atoms with van der Waals surface area (Å²) in [4.78, 5) is 12.3. The smallest absolute Gasteiger partial charge is 0.253 e. The number of aliphatic hydroxyl groups is 1. The van der Waals surface area contributed by atoms with Gasteiger partial charge in [0.2, 0.25) is 0 Å². The van der Waals surface area contributed by atoms with Crippen molar-refractivity contribution in [2.45, 2.75) is 78.0 Å². The Hall–Kier alpha value is -1.26. The van der Waals surface area contributed by atoms with E-state index in [9.17, 15) is 9.90 Å². The van der Waals surface area contributed by atoms with Crippen molar-refractivity contribution >= 4 is 17.5 Å². The molecule has 0 bridgehead atoms. The third kappa shape index (κ3) is 2.19. The number of ether oxygens (including phenoxy) is 1. The maximum absolute atomic E-state index is 12.3. The molecule has 2 N–H and O–H groups in total. The number of halogens is 1. The van der Waals surface area contributed by atoms with Crippen molar-refractivity contribution in [3.05, 3.63) is 27.8 Å². The van der Waals surface area contributed by atoms with E-state index in [0.29, 0.717) is 35.4 Å². The lowest BCUT2D eigenvalue weighted by atomic mass is 9.44. The third-order valence-electron chi connectivity index (χ3n) is 8.65. The van der Waals surface area contributed by atoms with Crippen molar-refractivity contribution in [2.75, 3.05) is 0 Å². The number of fused-ring (bicyclic) bond motifs is 3. The molecule has 1 aromatic rings. The summed E-state index contributed by atoms with van der Waals surface area (Å²) in [7, 11) is 0. The number of nitrogens with one attached hydrogen (secondary N) is 1. The van der Waals surface area contributed by atoms with Crippen molar-refractivity contribution in [3.63, 3.8) is 0 Å². The van der Waals surface area contributed by atoms with E-state index < -0.39 is 5.60 Å². The highest BCUT2D eigenvalue weighted by Gasteiger charge is 2.67. The Kier molecular flexibility index (Phi) is 3.79. The molecule has 1 aromatic carbocycles. The maximum atomic E-state index is 12.3. The van der Waals surface area contributed by atoms with Crippen LogP contribution in [0.15, 0.2) is 6.07 Å². The van der Waals surface area contributed by atoms with Gasteiger partial charge in [0.25, 0.3) is 5.91 Å². The molecule has 5 heteroatoms. The van der Waals surface area contributed by atoms with Crippen LogP contribution in [0.5, 0.6) is 5.75 Å². The van der Waals surface area contributed by atoms with Gasteiger partial charge in [0.1, 0.15) is 11.4 Å². The van der Waals surface area contributed by atoms with Gasteiger partial charge in [0.15, 0.2) is 0 Å². The zero-order chi connectivity index (χ0) is 20.1. The fourth-order valence-electron chi connectivity index (χ4n) is 7.16. The van der Waals surface area contributed by atoms with E-state index in [1.807, 2.05) is 6.07 Å². The molecule has 28 heavy (non-hydrogen) atoms. The van der Waals surface area contributed by atoms with Gasteiger partial charge in [-0.2, -0.15) is 0 Å². The molecule has 2 aliphatic heterocycles. The Morgan fingerprint density at radius 2 is 2.00 bits per heavy atom. The second kappa shape index (κ2) is 5.66. The zero-order valence-electron chi connectivity index (χ0n) is 17.2. The predicted molar refractivity (Wildman–Crippen MR) is 109 cm³/mol. The average Bonchev–Trinajstić information content (AvgIpc) is 2.97. The molecule has 5 rings (SSSR count). The SMILES string of the molecule is C[C@H]1CC[C@H]2C(C)(C)C[C@@H](O)C[C@]23Oc2c(cc(Cl)c4c2CNC4=O)C[C@]13C. The normalized spacial score (nSPS) is 40.5. The predicted octanol–water partition coefficient (Wildman–Crippen LogP) is 4.49. The molecule has 0 aromatic heterocycles. The quantitative estimate of drug-likeness (QED) is 0.670. The minimum atomic E-state index is -0.411. The van der Waals surface area contributed by atoms with Gasteiger partial charge in [-0.25, -0.2) is 0 Å². The second-order valence-electron chi connectivity index (χ2n) is 10.6. The molecule has 4 nitrogen and oxygen atoms in total. The molecular weight excluding hydrogens is 374 g/mol. The van der Waals surface area contributed by atoms with Gasteiger partial charge < -0.3 is 15.2 Å². The molecule has 1 spiro atoms. The number of hydrogen-bond acceptors (Lipinski definition) is 3. The molecule has 2 saturated carbocycles. The summed E-state index contributed by atoms with van der Waals surface area (Å²) in [6.07, 6.45) is 4.30. The van der Waals surface area contributed by atoms with Crippen LogP contribution in [-0.2, 0) is 13.0 Å². The number of carbonyl (C=O) groups excluding carboxylic acids is 1. The fraction of sp³-hybridized carbons (Fsp3) is 0.696. The van der Waals surface area contributed by atoms with Crippen LogP contribution < -0.4 is 10.1 Å². The van der Waals surface area contributed by atoms with E-state index in [1.165, 1.54) is 6.42 Å². The zero-order valence-corrected chi connectivity index (χ0v) is 17.9. The van der Waals surface area contributed by atoms with Crippen LogP contribution in [0.25, 0.3) is 0 Å². The molecule has 0 saturated heterocycles. The first-order valence-electron chi connectivity index (χ1n) is 10.6. The van der Waals surface area contributed by atoms with Crippen LogP contribution in [0.3, 0.4) is 0 Å². The maximum Gasteiger partial charge on any atom is 0.253 e. The van der Waals surface area contributed by atoms with Gasteiger partial charge in [-0.1, -0.05) is 39.3 Å². The largest absolute Gasteiger partial charge is 0.486 e. The minimum absolute atomic E-state index is 0.0141. The van der Waals surface area contributed by atoms with Gasteiger partial charge in [0.05, 0.1) is 16.7 Å². The first-order valence-corrected chi connectivity index (χ1v) is 11.0. The molecule has 2 aliphatic carbocycles. The third-order valence-corrected chi connectivity index (χ3v) is 8.95. The summed E-state index contributed by atoms with van der Waals surface area (Å²) in [5, 5.41) is 14.3. The number of benzene rings is 1. The Balaban J connectivity index is 1.74. The van der Waals surface area contributed by atoms with E-state index in [4.69, 9.17) is 16.3 Å². The highest BCUT2D eigenvalue weighted by atomic mass is 35.5. The molecular formula is C23H30ClNO3. The van der Waals surface area contributed by atoms with E-state index in [2.05, 4.69) is 33.0 Å². The minimum Gasteiger partial charge on any atom is -0.486 e.